The Morgan fingerprint density at radius 2 is 1.29 bits per heavy atom. The minimum absolute atomic E-state index is 0.506. The molecule has 0 radical (unpaired) electrons. The highest BCUT2D eigenvalue weighted by Gasteiger charge is 2.80. The summed E-state index contributed by atoms with van der Waals surface area (Å²) in [6, 6.07) is 0. The lowest BCUT2D eigenvalue weighted by Gasteiger charge is -2.72. The van der Waals surface area contributed by atoms with E-state index >= 15 is 0 Å². The van der Waals surface area contributed by atoms with Gasteiger partial charge in [0.25, 0.3) is 0 Å². The summed E-state index contributed by atoms with van der Waals surface area (Å²) < 4.78 is 0. The molecule has 0 amide bonds. The minimum Gasteiger partial charge on any atom is -0.0625 e. The van der Waals surface area contributed by atoms with E-state index < -0.39 is 0 Å². The van der Waals surface area contributed by atoms with Crippen molar-refractivity contribution in [2.75, 3.05) is 0 Å². The highest BCUT2D eigenvalue weighted by Crippen LogP contribution is 2.85. The Kier molecular flexibility index (Phi) is 6.25. The second-order valence-electron chi connectivity index (χ2n) is 20.9. The molecular weight excluding hydrogens is 504 g/mol. The van der Waals surface area contributed by atoms with Gasteiger partial charge in [-0.05, 0) is 200 Å². The van der Waals surface area contributed by atoms with E-state index in [1.165, 1.54) is 0 Å². The summed E-state index contributed by atoms with van der Waals surface area (Å²) in [7, 11) is 0. The van der Waals surface area contributed by atoms with Crippen LogP contribution < -0.4 is 0 Å². The van der Waals surface area contributed by atoms with E-state index in [-0.39, 0.29) is 0 Å². The monoisotopic (exact) mass is 573 g/mol. The van der Waals surface area contributed by atoms with Crippen LogP contribution in [0.25, 0.3) is 0 Å². The van der Waals surface area contributed by atoms with Gasteiger partial charge in [-0.25, -0.2) is 0 Å². The first-order valence-corrected chi connectivity index (χ1v) is 20.0. The van der Waals surface area contributed by atoms with Crippen LogP contribution in [0.2, 0.25) is 0 Å². The Balaban J connectivity index is 1.24. The maximum atomic E-state index is 2.77. The number of rotatable bonds is 1. The van der Waals surface area contributed by atoms with Crippen LogP contribution in [0.15, 0.2) is 0 Å². The molecule has 42 heavy (non-hydrogen) atoms. The van der Waals surface area contributed by atoms with E-state index in [4.69, 9.17) is 0 Å². The molecule has 0 bridgehead atoms. The van der Waals surface area contributed by atoms with Crippen LogP contribution >= 0.6 is 0 Å². The Morgan fingerprint density at radius 1 is 0.548 bits per heavy atom. The van der Waals surface area contributed by atoms with Gasteiger partial charge in [-0.1, -0.05) is 61.8 Å². The summed E-state index contributed by atoms with van der Waals surface area (Å²) in [6.07, 6.45) is 19.3. The predicted octanol–water partition coefficient (Wildman–Crippen LogP) is 11.2. The Hall–Kier alpha value is 0. The zero-order chi connectivity index (χ0) is 29.0. The van der Waals surface area contributed by atoms with Crippen molar-refractivity contribution in [1.29, 1.82) is 0 Å². The Bertz CT molecular complexity index is 1060. The lowest BCUT2D eigenvalue weighted by Crippen LogP contribution is -2.67. The van der Waals surface area contributed by atoms with Crippen LogP contribution in [0.5, 0.6) is 0 Å². The molecule has 0 saturated heterocycles. The second-order valence-corrected chi connectivity index (χ2v) is 20.9. The molecule has 0 aromatic heterocycles. The van der Waals surface area contributed by atoms with Crippen molar-refractivity contribution in [2.45, 2.75) is 132 Å². The molecular formula is C42H68. The maximum Gasteiger partial charge on any atom is -0.0165 e. The van der Waals surface area contributed by atoms with Gasteiger partial charge in [-0.3, -0.25) is 0 Å². The number of hydrogen-bond acceptors (Lipinski definition) is 0. The lowest BCUT2D eigenvalue weighted by atomic mass is 9.32. The van der Waals surface area contributed by atoms with Gasteiger partial charge in [0.15, 0.2) is 0 Å². The van der Waals surface area contributed by atoms with Crippen molar-refractivity contribution in [2.24, 2.45) is 129 Å². The second kappa shape index (κ2) is 9.30. The zero-order valence-electron chi connectivity index (χ0n) is 29.0. The van der Waals surface area contributed by atoms with Gasteiger partial charge in [0.05, 0.1) is 0 Å². The molecule has 0 nitrogen and oxygen atoms in total. The van der Waals surface area contributed by atoms with Crippen LogP contribution in [0.1, 0.15) is 132 Å². The molecule has 9 saturated carbocycles. The molecule has 0 aliphatic heterocycles. The average Bonchev–Trinajstić information content (AvgIpc) is 3.60. The molecule has 9 aliphatic carbocycles. The minimum atomic E-state index is 0.506. The molecule has 0 N–H and O–H groups in total. The lowest BCUT2D eigenvalue weighted by molar-refractivity contribution is -0.248. The van der Waals surface area contributed by atoms with Gasteiger partial charge in [0.1, 0.15) is 0 Å². The average molecular weight is 573 g/mol. The highest BCUT2D eigenvalue weighted by molar-refractivity contribution is 5.27. The molecule has 0 aromatic rings. The molecule has 20 atom stereocenters. The van der Waals surface area contributed by atoms with Gasteiger partial charge < -0.3 is 0 Å². The van der Waals surface area contributed by atoms with Crippen LogP contribution in [-0.4, -0.2) is 0 Å². The third kappa shape index (κ3) is 3.39. The van der Waals surface area contributed by atoms with Crippen LogP contribution in [-0.2, 0) is 0 Å². The fourth-order valence-electron chi connectivity index (χ4n) is 18.2. The third-order valence-corrected chi connectivity index (χ3v) is 18.7. The Morgan fingerprint density at radius 3 is 2.05 bits per heavy atom. The standard InChI is InChI=1S/C42H68/c1-21(2)27-14-15-30-35-24(5)18-23(4)31-19-25-10-12-29-32-20-26(41(6,7)8)11-13-28(32)36-33-17-22(3)9-16-34(33)42(39(27)30,40(31)35)38(25)37(29)36/h21-40H,9-20H2,1-8H3. The largest absolute Gasteiger partial charge is 0.0625 e. The van der Waals surface area contributed by atoms with E-state index in [0.717, 1.165) is 124 Å². The molecule has 20 unspecified atom stereocenters. The first kappa shape index (κ1) is 28.2. The summed E-state index contributed by atoms with van der Waals surface area (Å²) in [5.41, 5.74) is 1.24. The third-order valence-electron chi connectivity index (χ3n) is 18.7. The zero-order valence-corrected chi connectivity index (χ0v) is 29.0. The molecule has 0 heteroatoms. The molecule has 9 fully saturated rings. The summed E-state index contributed by atoms with van der Waals surface area (Å²) >= 11 is 0. The highest BCUT2D eigenvalue weighted by atomic mass is 14.8. The summed E-state index contributed by atoms with van der Waals surface area (Å²) in [5, 5.41) is 0. The smallest absolute Gasteiger partial charge is 0.0165 e. The van der Waals surface area contributed by atoms with E-state index in [1.807, 2.05) is 0 Å². The van der Waals surface area contributed by atoms with Crippen molar-refractivity contribution in [3.63, 3.8) is 0 Å². The molecule has 0 aromatic carbocycles. The van der Waals surface area contributed by atoms with Crippen molar-refractivity contribution in [3.05, 3.63) is 0 Å². The Labute approximate surface area is 261 Å². The number of hydrogen-bond donors (Lipinski definition) is 0. The van der Waals surface area contributed by atoms with E-state index in [9.17, 15) is 0 Å². The number of fused-ring (bicyclic) bond motifs is 7. The quantitative estimate of drug-likeness (QED) is 0.293. The molecule has 236 valence electrons. The van der Waals surface area contributed by atoms with Gasteiger partial charge in [-0.2, -0.15) is 0 Å². The van der Waals surface area contributed by atoms with Gasteiger partial charge >= 0.3 is 0 Å². The van der Waals surface area contributed by atoms with Gasteiger partial charge in [0, 0.05) is 0 Å². The van der Waals surface area contributed by atoms with Crippen LogP contribution in [0, 0.1) is 129 Å². The first-order chi connectivity index (χ1) is 20.0. The van der Waals surface area contributed by atoms with E-state index in [2.05, 4.69) is 55.4 Å². The molecule has 0 heterocycles. The topological polar surface area (TPSA) is 0 Å². The first-order valence-electron chi connectivity index (χ1n) is 20.0. The van der Waals surface area contributed by atoms with Crippen LogP contribution in [0.3, 0.4) is 0 Å². The molecule has 9 rings (SSSR count). The van der Waals surface area contributed by atoms with Crippen molar-refractivity contribution >= 4 is 0 Å². The molecule has 9 aliphatic rings. The van der Waals surface area contributed by atoms with Gasteiger partial charge in [0.2, 0.25) is 0 Å². The fraction of sp³-hybridized carbons (Fsp3) is 1.00. The summed E-state index contributed by atoms with van der Waals surface area (Å²) in [4.78, 5) is 0. The normalized spacial score (nSPS) is 62.6. The molecule has 1 spiro atoms. The van der Waals surface area contributed by atoms with E-state index in [0.29, 0.717) is 5.41 Å². The van der Waals surface area contributed by atoms with Gasteiger partial charge in [-0.15, -0.1) is 0 Å². The summed E-state index contributed by atoms with van der Waals surface area (Å²) in [6.45, 7) is 21.3. The van der Waals surface area contributed by atoms with Crippen molar-refractivity contribution < 1.29 is 0 Å². The fourth-order valence-corrected chi connectivity index (χ4v) is 18.2. The van der Waals surface area contributed by atoms with Crippen molar-refractivity contribution in [1.82, 2.24) is 0 Å². The summed E-state index contributed by atoms with van der Waals surface area (Å²) in [5.74, 6) is 21.3. The van der Waals surface area contributed by atoms with Crippen molar-refractivity contribution in [3.8, 4) is 0 Å². The maximum absolute atomic E-state index is 2.77. The van der Waals surface area contributed by atoms with Crippen LogP contribution in [0.4, 0.5) is 0 Å². The predicted molar refractivity (Wildman–Crippen MR) is 175 cm³/mol. The van der Waals surface area contributed by atoms with E-state index in [1.54, 1.807) is 77.0 Å². The SMILES string of the molecule is CC1CCC2C(C1)C1C3CCC(C(C)(C)C)CC3C3CCC4CC5C(C)CC(C)C6C7CCC(C(C)C)C7C2(C4C31)C56.